The van der Waals surface area contributed by atoms with E-state index < -0.39 is 11.9 Å². The molecule has 0 N–H and O–H groups in total. The first-order chi connectivity index (χ1) is 7.65. The molecule has 0 aliphatic heterocycles. The molecule has 0 spiro atoms. The Hall–Kier alpha value is -2.09. The van der Waals surface area contributed by atoms with Crippen LogP contribution in [-0.4, -0.2) is 24.6 Å². The number of carbonyl (C=O) groups excluding carboxylic acids is 1. The molecule has 0 aromatic heterocycles. The number of hydrogen-bond acceptors (Lipinski definition) is 3. The number of nitrogens with zero attached hydrogens (tertiary/aromatic N) is 2. The van der Waals surface area contributed by atoms with E-state index in [1.807, 2.05) is 6.07 Å². The summed E-state index contributed by atoms with van der Waals surface area (Å²) in [6.07, 6.45) is -0.648. The van der Waals surface area contributed by atoms with E-state index in [9.17, 15) is 9.18 Å². The van der Waals surface area contributed by atoms with Crippen LogP contribution in [0.25, 0.3) is 0 Å². The summed E-state index contributed by atoms with van der Waals surface area (Å²) in [5.74, 6) is -0.418. The van der Waals surface area contributed by atoms with Gasteiger partial charge in [-0.25, -0.2) is 9.18 Å². The third-order valence-corrected chi connectivity index (χ3v) is 1.93. The number of ether oxygens (including phenoxy) is 1. The first-order valence-electron chi connectivity index (χ1n) is 4.63. The van der Waals surface area contributed by atoms with Crippen LogP contribution in [-0.2, 0) is 11.3 Å². The Bertz CT molecular complexity index is 415. The highest BCUT2D eigenvalue weighted by Gasteiger charge is 2.10. The zero-order chi connectivity index (χ0) is 12.0. The molecule has 0 saturated heterocycles. The molecule has 0 bridgehead atoms. The highest BCUT2D eigenvalue weighted by Crippen LogP contribution is 2.08. The van der Waals surface area contributed by atoms with Gasteiger partial charge in [-0.2, -0.15) is 5.26 Å². The van der Waals surface area contributed by atoms with Gasteiger partial charge in [0.05, 0.1) is 6.07 Å². The number of hydrogen-bond donors (Lipinski definition) is 0. The summed E-state index contributed by atoms with van der Waals surface area (Å²) in [4.78, 5) is 12.4. The van der Waals surface area contributed by atoms with Crippen LogP contribution in [0.2, 0.25) is 0 Å². The van der Waals surface area contributed by atoms with Crippen LogP contribution >= 0.6 is 0 Å². The number of benzene rings is 1. The van der Waals surface area contributed by atoms with Crippen molar-refractivity contribution < 1.29 is 13.9 Å². The van der Waals surface area contributed by atoms with E-state index >= 15 is 0 Å². The number of rotatable bonds is 3. The quantitative estimate of drug-likeness (QED) is 0.734. The molecule has 0 radical (unpaired) electrons. The maximum atomic E-state index is 13.1. The topological polar surface area (TPSA) is 53.3 Å². The van der Waals surface area contributed by atoms with Crippen molar-refractivity contribution in [2.24, 2.45) is 0 Å². The first-order valence-corrected chi connectivity index (χ1v) is 4.63. The van der Waals surface area contributed by atoms with Crippen LogP contribution in [0.1, 0.15) is 5.56 Å². The smallest absolute Gasteiger partial charge is 0.410 e. The molecule has 0 saturated carbocycles. The van der Waals surface area contributed by atoms with E-state index in [0.717, 1.165) is 4.90 Å². The van der Waals surface area contributed by atoms with Gasteiger partial charge in [-0.1, -0.05) is 18.2 Å². The zero-order valence-electron chi connectivity index (χ0n) is 8.81. The van der Waals surface area contributed by atoms with Gasteiger partial charge >= 0.3 is 6.09 Å². The van der Waals surface area contributed by atoms with Crippen LogP contribution < -0.4 is 0 Å². The molecule has 16 heavy (non-hydrogen) atoms. The molecule has 1 amide bonds. The van der Waals surface area contributed by atoms with Crippen molar-refractivity contribution in [1.29, 1.82) is 5.26 Å². The molecule has 0 atom stereocenters. The molecule has 0 aliphatic carbocycles. The third-order valence-electron chi connectivity index (χ3n) is 1.93. The van der Waals surface area contributed by atoms with E-state index in [4.69, 9.17) is 10.00 Å². The zero-order valence-corrected chi connectivity index (χ0v) is 8.81. The molecule has 84 valence electrons. The van der Waals surface area contributed by atoms with E-state index in [1.54, 1.807) is 12.1 Å². The Kier molecular flexibility index (Phi) is 4.28. The molecule has 1 rings (SSSR count). The predicted octanol–water partition coefficient (Wildman–Crippen LogP) is 1.92. The Labute approximate surface area is 92.8 Å². The molecule has 4 nitrogen and oxygen atoms in total. The molecule has 1 aromatic rings. The standard InChI is InChI=1S/C11H11FN2O2/c1-14(7-6-13)11(15)16-8-9-4-2-3-5-10(9)12/h2-5H,7-8H2,1H3. The van der Waals surface area contributed by atoms with Gasteiger partial charge < -0.3 is 4.74 Å². The van der Waals surface area contributed by atoms with Crippen LogP contribution in [0.5, 0.6) is 0 Å². The summed E-state index contributed by atoms with van der Waals surface area (Å²) < 4.78 is 18.0. The van der Waals surface area contributed by atoms with Crippen molar-refractivity contribution in [3.8, 4) is 6.07 Å². The van der Waals surface area contributed by atoms with Crippen molar-refractivity contribution >= 4 is 6.09 Å². The lowest BCUT2D eigenvalue weighted by Gasteiger charge is -2.13. The second-order valence-electron chi connectivity index (χ2n) is 3.16. The minimum atomic E-state index is -0.648. The monoisotopic (exact) mass is 222 g/mol. The summed E-state index contributed by atoms with van der Waals surface area (Å²) in [6.45, 7) is -0.197. The van der Waals surface area contributed by atoms with Gasteiger partial charge in [0.1, 0.15) is 19.0 Å². The van der Waals surface area contributed by atoms with Gasteiger partial charge in [0, 0.05) is 12.6 Å². The molecule has 5 heteroatoms. The molecule has 0 fully saturated rings. The Morgan fingerprint density at radius 2 is 2.25 bits per heavy atom. The minimum absolute atomic E-state index is 0.0594. The van der Waals surface area contributed by atoms with E-state index in [2.05, 4.69) is 0 Å². The summed E-state index contributed by atoms with van der Waals surface area (Å²) in [5, 5.41) is 8.36. The molecule has 1 aromatic carbocycles. The third kappa shape index (κ3) is 3.24. The van der Waals surface area contributed by atoms with Crippen LogP contribution in [0, 0.1) is 17.1 Å². The van der Waals surface area contributed by atoms with Gasteiger partial charge in [-0.3, -0.25) is 4.90 Å². The summed E-state index contributed by atoms with van der Waals surface area (Å²) in [7, 11) is 1.44. The highest BCUT2D eigenvalue weighted by atomic mass is 19.1. The fraction of sp³-hybridized carbons (Fsp3) is 0.273. The van der Waals surface area contributed by atoms with Gasteiger partial charge in [0.15, 0.2) is 0 Å². The lowest BCUT2D eigenvalue weighted by molar-refractivity contribution is 0.107. The summed E-state index contributed by atoms with van der Waals surface area (Å²) >= 11 is 0. The molecule has 0 unspecified atom stereocenters. The van der Waals surface area contributed by atoms with Crippen molar-refractivity contribution in [1.82, 2.24) is 4.90 Å². The number of carbonyl (C=O) groups is 1. The van der Waals surface area contributed by atoms with Gasteiger partial charge in [-0.05, 0) is 6.07 Å². The van der Waals surface area contributed by atoms with Crippen molar-refractivity contribution in [2.45, 2.75) is 6.61 Å². The largest absolute Gasteiger partial charge is 0.444 e. The van der Waals surface area contributed by atoms with Crippen molar-refractivity contribution in [3.63, 3.8) is 0 Å². The summed E-state index contributed by atoms with van der Waals surface area (Å²) in [5.41, 5.74) is 0.307. The number of halogens is 1. The number of amides is 1. The van der Waals surface area contributed by atoms with E-state index in [0.29, 0.717) is 5.56 Å². The predicted molar refractivity (Wildman–Crippen MR) is 54.8 cm³/mol. The maximum Gasteiger partial charge on any atom is 0.410 e. The lowest BCUT2D eigenvalue weighted by Crippen LogP contribution is -2.27. The minimum Gasteiger partial charge on any atom is -0.444 e. The highest BCUT2D eigenvalue weighted by molar-refractivity contribution is 5.67. The lowest BCUT2D eigenvalue weighted by atomic mass is 10.2. The second kappa shape index (κ2) is 5.71. The van der Waals surface area contributed by atoms with Crippen LogP contribution in [0.15, 0.2) is 24.3 Å². The maximum absolute atomic E-state index is 13.1. The Morgan fingerprint density at radius 3 is 2.88 bits per heavy atom. The van der Waals surface area contributed by atoms with Crippen LogP contribution in [0.3, 0.4) is 0 Å². The molecular weight excluding hydrogens is 211 g/mol. The van der Waals surface area contributed by atoms with E-state index in [-0.39, 0.29) is 13.2 Å². The Morgan fingerprint density at radius 1 is 1.56 bits per heavy atom. The summed E-state index contributed by atoms with van der Waals surface area (Å²) in [6, 6.07) is 7.85. The average molecular weight is 222 g/mol. The average Bonchev–Trinajstić information content (AvgIpc) is 2.28. The van der Waals surface area contributed by atoms with E-state index in [1.165, 1.54) is 19.2 Å². The van der Waals surface area contributed by atoms with Crippen molar-refractivity contribution in [2.75, 3.05) is 13.6 Å². The normalized spacial score (nSPS) is 9.31. The van der Waals surface area contributed by atoms with Crippen LogP contribution in [0.4, 0.5) is 9.18 Å². The first kappa shape index (κ1) is 12.0. The molecule has 0 heterocycles. The van der Waals surface area contributed by atoms with Gasteiger partial charge in [-0.15, -0.1) is 0 Å². The molecular formula is C11H11FN2O2. The van der Waals surface area contributed by atoms with Crippen molar-refractivity contribution in [3.05, 3.63) is 35.6 Å². The fourth-order valence-corrected chi connectivity index (χ4v) is 1.04. The SMILES string of the molecule is CN(CC#N)C(=O)OCc1ccccc1F. The van der Waals surface area contributed by atoms with Gasteiger partial charge in [0.25, 0.3) is 0 Å². The second-order valence-corrected chi connectivity index (χ2v) is 3.16. The fourth-order valence-electron chi connectivity index (χ4n) is 1.04. The van der Waals surface area contributed by atoms with Gasteiger partial charge in [0.2, 0.25) is 0 Å². The Balaban J connectivity index is 2.50. The number of nitriles is 1. The molecule has 0 aliphatic rings.